The Morgan fingerprint density at radius 3 is 1.98 bits per heavy atom. The van der Waals surface area contributed by atoms with E-state index in [1.165, 1.54) is 81.9 Å². The summed E-state index contributed by atoms with van der Waals surface area (Å²) in [5.41, 5.74) is 6.17. The molecule has 1 atom stereocenters. The molecule has 0 fully saturated rings. The van der Waals surface area contributed by atoms with Gasteiger partial charge >= 0.3 is 0 Å². The molecule has 0 saturated carbocycles. The van der Waals surface area contributed by atoms with Crippen LogP contribution in [0.5, 0.6) is 5.75 Å². The first-order chi connectivity index (χ1) is 22.0. The monoisotopic (exact) mass is 630 g/mol. The highest BCUT2D eigenvalue weighted by Gasteiger charge is 2.42. The zero-order valence-corrected chi connectivity index (χ0v) is 29.8. The van der Waals surface area contributed by atoms with Gasteiger partial charge < -0.3 is 4.74 Å². The molecule has 0 radical (unpaired) electrons. The SMILES string of the molecule is C=CCOc1c(CCCCC)cc(CCCCC)cc1[Si](C)(C)C1C=C(P(c2ccccc2)c2ccccc2)c2ccccc21. The van der Waals surface area contributed by atoms with Gasteiger partial charge in [-0.05, 0) is 77.0 Å². The number of fused-ring (bicyclic) bond motifs is 1. The van der Waals surface area contributed by atoms with Crippen LogP contribution in [0.2, 0.25) is 13.1 Å². The van der Waals surface area contributed by atoms with E-state index < -0.39 is 16.0 Å². The van der Waals surface area contributed by atoms with Gasteiger partial charge in [0.05, 0.1) is 8.07 Å². The number of allylic oxidation sites excluding steroid dienone is 1. The predicted octanol–water partition coefficient (Wildman–Crippen LogP) is 10.4. The highest BCUT2D eigenvalue weighted by molar-refractivity contribution is 7.82. The van der Waals surface area contributed by atoms with E-state index in [2.05, 4.69) is 137 Å². The summed E-state index contributed by atoms with van der Waals surface area (Å²) in [6, 6.07) is 36.6. The molecular formula is C42H51OPSi. The lowest BCUT2D eigenvalue weighted by Crippen LogP contribution is -2.48. The Bertz CT molecular complexity index is 1530. The van der Waals surface area contributed by atoms with Crippen molar-refractivity contribution in [1.82, 2.24) is 0 Å². The van der Waals surface area contributed by atoms with E-state index in [0.717, 1.165) is 18.6 Å². The molecule has 0 aliphatic heterocycles. The predicted molar refractivity (Wildman–Crippen MR) is 202 cm³/mol. The standard InChI is InChI=1S/C42H51OPSi/c1-6-9-13-21-33-30-34(22-14-10-7-2)42(43-29-8-3)41(31-33)45(4,5)40-32-39(37-27-19-20-28-38(37)40)44(35-23-15-11-16-24-35)36-25-17-12-18-26-36/h8,11-12,15-20,23-28,30-32,40H,3,6-7,9-10,13-14,21-22,29H2,1-2,4-5H3. The molecule has 3 heteroatoms. The molecule has 1 nitrogen and oxygen atoms in total. The van der Waals surface area contributed by atoms with Crippen LogP contribution < -0.4 is 20.5 Å². The van der Waals surface area contributed by atoms with Gasteiger partial charge in [-0.3, -0.25) is 0 Å². The van der Waals surface area contributed by atoms with Crippen molar-refractivity contribution in [3.8, 4) is 5.75 Å². The van der Waals surface area contributed by atoms with E-state index in [-0.39, 0.29) is 0 Å². The lowest BCUT2D eigenvalue weighted by atomic mass is 10.00. The van der Waals surface area contributed by atoms with Crippen LogP contribution in [0.1, 0.15) is 80.2 Å². The van der Waals surface area contributed by atoms with Gasteiger partial charge in [0.1, 0.15) is 12.4 Å². The van der Waals surface area contributed by atoms with Crippen molar-refractivity contribution in [2.75, 3.05) is 6.61 Å². The minimum absolute atomic E-state index is 0.363. The minimum atomic E-state index is -2.16. The van der Waals surface area contributed by atoms with Crippen molar-refractivity contribution < 1.29 is 4.74 Å². The third-order valence-electron chi connectivity index (χ3n) is 9.33. The van der Waals surface area contributed by atoms with Crippen molar-refractivity contribution >= 4 is 37.1 Å². The van der Waals surface area contributed by atoms with Gasteiger partial charge in [0.25, 0.3) is 0 Å². The number of rotatable bonds is 16. The second kappa shape index (κ2) is 15.9. The Balaban J connectivity index is 1.67. The Labute approximate surface area is 275 Å². The van der Waals surface area contributed by atoms with Gasteiger partial charge in [0, 0.05) is 5.54 Å². The maximum Gasteiger partial charge on any atom is 0.122 e. The van der Waals surface area contributed by atoms with Gasteiger partial charge in [0.2, 0.25) is 0 Å². The molecule has 4 aromatic carbocycles. The normalized spacial score (nSPS) is 14.3. The first kappa shape index (κ1) is 33.2. The van der Waals surface area contributed by atoms with Crippen LogP contribution in [0.25, 0.3) is 5.31 Å². The smallest absolute Gasteiger partial charge is 0.122 e. The molecule has 0 saturated heterocycles. The van der Waals surface area contributed by atoms with Crippen LogP contribution in [-0.4, -0.2) is 14.7 Å². The number of aryl methyl sites for hydroxylation is 2. The number of ether oxygens (including phenoxy) is 1. The van der Waals surface area contributed by atoms with Gasteiger partial charge in [-0.1, -0.05) is 168 Å². The van der Waals surface area contributed by atoms with Crippen LogP contribution in [0.3, 0.4) is 0 Å². The van der Waals surface area contributed by atoms with Gasteiger partial charge in [0.15, 0.2) is 0 Å². The average Bonchev–Trinajstić information content (AvgIpc) is 3.45. The van der Waals surface area contributed by atoms with E-state index >= 15 is 0 Å². The Morgan fingerprint density at radius 2 is 1.36 bits per heavy atom. The summed E-state index contributed by atoms with van der Waals surface area (Å²) in [6.45, 7) is 14.3. The van der Waals surface area contributed by atoms with Crippen LogP contribution in [0, 0.1) is 0 Å². The first-order valence-electron chi connectivity index (χ1n) is 17.1. The van der Waals surface area contributed by atoms with Gasteiger partial charge in [-0.25, -0.2) is 0 Å². The summed E-state index contributed by atoms with van der Waals surface area (Å²) < 4.78 is 6.68. The fourth-order valence-electron chi connectivity index (χ4n) is 6.90. The molecule has 1 aliphatic carbocycles. The molecule has 0 N–H and O–H groups in total. The van der Waals surface area contributed by atoms with Crippen molar-refractivity contribution in [1.29, 1.82) is 0 Å². The molecular weight excluding hydrogens is 580 g/mol. The Hall–Kier alpha value is -3.19. The number of hydrogen-bond acceptors (Lipinski definition) is 1. The number of benzene rings is 4. The molecule has 1 aliphatic rings. The maximum absolute atomic E-state index is 6.68. The third kappa shape index (κ3) is 7.62. The zero-order valence-electron chi connectivity index (χ0n) is 27.9. The van der Waals surface area contributed by atoms with Crippen molar-refractivity contribution in [3.63, 3.8) is 0 Å². The Kier molecular flexibility index (Phi) is 11.7. The summed E-state index contributed by atoms with van der Waals surface area (Å²) in [7, 11) is -2.86. The van der Waals surface area contributed by atoms with Crippen LogP contribution >= 0.6 is 7.92 Å². The second-order valence-electron chi connectivity index (χ2n) is 13.0. The van der Waals surface area contributed by atoms with E-state index in [1.807, 2.05) is 6.08 Å². The van der Waals surface area contributed by atoms with E-state index in [0.29, 0.717) is 12.1 Å². The lowest BCUT2D eigenvalue weighted by molar-refractivity contribution is 0.361. The van der Waals surface area contributed by atoms with E-state index in [1.54, 1.807) is 0 Å². The van der Waals surface area contributed by atoms with Crippen molar-refractivity contribution in [2.45, 2.75) is 83.8 Å². The summed E-state index contributed by atoms with van der Waals surface area (Å²) in [5.74, 6) is 1.15. The molecule has 0 heterocycles. The molecule has 0 aromatic heterocycles. The first-order valence-corrected chi connectivity index (χ1v) is 21.5. The zero-order chi connectivity index (χ0) is 31.6. The maximum atomic E-state index is 6.68. The molecule has 234 valence electrons. The molecule has 0 bridgehead atoms. The second-order valence-corrected chi connectivity index (χ2v) is 19.8. The fraction of sp³-hybridized carbons (Fsp3) is 0.333. The molecule has 5 rings (SSSR count). The van der Waals surface area contributed by atoms with Crippen LogP contribution in [0.4, 0.5) is 0 Å². The van der Waals surface area contributed by atoms with Gasteiger partial charge in [-0.2, -0.15) is 0 Å². The van der Waals surface area contributed by atoms with Crippen LogP contribution in [0.15, 0.2) is 116 Å². The molecule has 45 heavy (non-hydrogen) atoms. The summed E-state index contributed by atoms with van der Waals surface area (Å²) >= 11 is 0. The molecule has 0 spiro atoms. The number of hydrogen-bond donors (Lipinski definition) is 0. The van der Waals surface area contributed by atoms with Crippen molar-refractivity contribution in [2.24, 2.45) is 0 Å². The quantitative estimate of drug-likeness (QED) is 0.0518. The number of unbranched alkanes of at least 4 members (excludes halogenated alkanes) is 4. The summed E-state index contributed by atoms with van der Waals surface area (Å²) in [4.78, 5) is 0. The van der Waals surface area contributed by atoms with Crippen molar-refractivity contribution in [3.05, 3.63) is 138 Å². The Morgan fingerprint density at radius 1 is 0.756 bits per heavy atom. The van der Waals surface area contributed by atoms with E-state index in [9.17, 15) is 0 Å². The highest BCUT2D eigenvalue weighted by atomic mass is 31.1. The van der Waals surface area contributed by atoms with Gasteiger partial charge in [-0.15, -0.1) is 0 Å². The molecule has 0 amide bonds. The average molecular weight is 631 g/mol. The topological polar surface area (TPSA) is 9.23 Å². The lowest BCUT2D eigenvalue weighted by Gasteiger charge is -2.33. The van der Waals surface area contributed by atoms with Crippen LogP contribution in [-0.2, 0) is 12.8 Å². The third-order valence-corrected chi connectivity index (χ3v) is 15.6. The summed E-state index contributed by atoms with van der Waals surface area (Å²) in [5, 5.41) is 5.79. The minimum Gasteiger partial charge on any atom is -0.489 e. The van der Waals surface area contributed by atoms with E-state index in [4.69, 9.17) is 4.74 Å². The largest absolute Gasteiger partial charge is 0.489 e. The highest BCUT2D eigenvalue weighted by Crippen LogP contribution is 2.56. The fourth-order valence-corrected chi connectivity index (χ4v) is 12.9. The molecule has 1 unspecified atom stereocenters. The summed E-state index contributed by atoms with van der Waals surface area (Å²) in [6.07, 6.45) is 14.3. The molecule has 4 aromatic rings.